The third kappa shape index (κ3) is 3.40. The van der Waals surface area contributed by atoms with Gasteiger partial charge >= 0.3 is 5.97 Å². The zero-order chi connectivity index (χ0) is 23.5. The van der Waals surface area contributed by atoms with E-state index in [4.69, 9.17) is 4.74 Å². The number of aromatic amines is 1. The minimum atomic E-state index is -0.926. The maximum atomic E-state index is 14.3. The van der Waals surface area contributed by atoms with E-state index in [1.807, 2.05) is 30.5 Å². The number of nitrogens with zero attached hydrogens (tertiary/aromatic N) is 2. The van der Waals surface area contributed by atoms with Crippen LogP contribution in [0.1, 0.15) is 43.9 Å². The molecule has 0 atom stereocenters. The smallest absolute Gasteiger partial charge is 0.306 e. The Kier molecular flexibility index (Phi) is 5.01. The number of benzene rings is 2. The molecule has 0 unspecified atom stereocenters. The molecule has 0 radical (unpaired) electrons. The van der Waals surface area contributed by atoms with E-state index in [9.17, 15) is 18.7 Å². The summed E-state index contributed by atoms with van der Waals surface area (Å²) in [6.45, 7) is 4.49. The number of halogens is 2. The van der Waals surface area contributed by atoms with Crippen LogP contribution in [-0.4, -0.2) is 39.6 Å². The van der Waals surface area contributed by atoms with Gasteiger partial charge in [0.2, 0.25) is 0 Å². The molecular formula is C25H25F2N3O3. The molecule has 33 heavy (non-hydrogen) atoms. The highest BCUT2D eigenvalue weighted by Crippen LogP contribution is 2.50. The van der Waals surface area contributed by atoms with Crippen LogP contribution in [0.2, 0.25) is 0 Å². The normalized spacial score (nSPS) is 18.7. The number of aliphatic carboxylic acids is 1. The van der Waals surface area contributed by atoms with Gasteiger partial charge in [-0.3, -0.25) is 9.89 Å². The first kappa shape index (κ1) is 21.6. The molecule has 1 aliphatic carbocycles. The zero-order valence-corrected chi connectivity index (χ0v) is 18.7. The van der Waals surface area contributed by atoms with E-state index >= 15 is 0 Å². The highest BCUT2D eigenvalue weighted by Gasteiger charge is 2.42. The summed E-state index contributed by atoms with van der Waals surface area (Å²) < 4.78 is 35.6. The lowest BCUT2D eigenvalue weighted by molar-refractivity contribution is -0.145. The fourth-order valence-electron chi connectivity index (χ4n) is 5.21. The second kappa shape index (κ2) is 7.66. The van der Waals surface area contributed by atoms with Gasteiger partial charge in [0.25, 0.3) is 0 Å². The standard InChI is InChI=1S/C25H25F2N3O3/c1-25(2,12-33-3)23-22(13-6-14(7-13)24(31)32)17-10-20-15(11-28-29-20)8-21(17)30(23)16-4-5-18(26)19(27)9-16/h4-5,8-11,13-14H,6-7,12H2,1-3H3,(H,28,29)(H,31,32). The monoisotopic (exact) mass is 453 g/mol. The summed E-state index contributed by atoms with van der Waals surface area (Å²) in [4.78, 5) is 11.5. The van der Waals surface area contributed by atoms with E-state index in [1.54, 1.807) is 19.4 Å². The Morgan fingerprint density at radius 3 is 2.67 bits per heavy atom. The highest BCUT2D eigenvalue weighted by atomic mass is 19.2. The third-order valence-electron chi connectivity index (χ3n) is 6.77. The van der Waals surface area contributed by atoms with Crippen LogP contribution in [0.15, 0.2) is 36.5 Å². The van der Waals surface area contributed by atoms with Gasteiger partial charge in [-0.15, -0.1) is 0 Å². The number of ether oxygens (including phenoxy) is 1. The van der Waals surface area contributed by atoms with Crippen LogP contribution in [0.25, 0.3) is 27.5 Å². The molecule has 2 aromatic carbocycles. The molecule has 0 saturated heterocycles. The van der Waals surface area contributed by atoms with Gasteiger partial charge in [0.05, 0.1) is 29.8 Å². The Hall–Kier alpha value is -3.26. The van der Waals surface area contributed by atoms with Crippen LogP contribution >= 0.6 is 0 Å². The molecule has 2 heterocycles. The summed E-state index contributed by atoms with van der Waals surface area (Å²) in [6, 6.07) is 7.89. The minimum Gasteiger partial charge on any atom is -0.481 e. The summed E-state index contributed by atoms with van der Waals surface area (Å²) in [5.74, 6) is -2.97. The molecule has 1 saturated carbocycles. The van der Waals surface area contributed by atoms with Crippen molar-refractivity contribution in [3.63, 3.8) is 0 Å². The molecule has 2 N–H and O–H groups in total. The third-order valence-corrected chi connectivity index (χ3v) is 6.77. The number of nitrogens with one attached hydrogen (secondary N) is 1. The number of carboxylic acid groups (broad SMARTS) is 1. The van der Waals surface area contributed by atoms with Crippen LogP contribution in [0, 0.1) is 17.6 Å². The molecule has 0 spiro atoms. The van der Waals surface area contributed by atoms with Crippen LogP contribution in [-0.2, 0) is 14.9 Å². The molecule has 0 bridgehead atoms. The van der Waals surface area contributed by atoms with Crippen LogP contribution in [0.5, 0.6) is 0 Å². The molecular weight excluding hydrogens is 428 g/mol. The quantitative estimate of drug-likeness (QED) is 0.416. The molecule has 2 aromatic heterocycles. The van der Waals surface area contributed by atoms with E-state index in [2.05, 4.69) is 10.2 Å². The van der Waals surface area contributed by atoms with Crippen LogP contribution in [0.4, 0.5) is 8.78 Å². The second-order valence-corrected chi connectivity index (χ2v) is 9.54. The first-order valence-electron chi connectivity index (χ1n) is 10.9. The maximum absolute atomic E-state index is 14.3. The van der Waals surface area contributed by atoms with Crippen molar-refractivity contribution in [2.75, 3.05) is 13.7 Å². The van der Waals surface area contributed by atoms with Gasteiger partial charge in [-0.2, -0.15) is 5.10 Å². The molecule has 8 heteroatoms. The van der Waals surface area contributed by atoms with E-state index in [1.165, 1.54) is 6.07 Å². The largest absolute Gasteiger partial charge is 0.481 e. The summed E-state index contributed by atoms with van der Waals surface area (Å²) >= 11 is 0. The van der Waals surface area contributed by atoms with Gasteiger partial charge in [0, 0.05) is 40.7 Å². The summed E-state index contributed by atoms with van der Waals surface area (Å²) in [7, 11) is 1.63. The predicted molar refractivity (Wildman–Crippen MR) is 121 cm³/mol. The van der Waals surface area contributed by atoms with Gasteiger partial charge in [-0.25, -0.2) is 8.78 Å². The molecule has 5 rings (SSSR count). The van der Waals surface area contributed by atoms with Crippen molar-refractivity contribution in [1.82, 2.24) is 14.8 Å². The van der Waals surface area contributed by atoms with Gasteiger partial charge in [0.1, 0.15) is 0 Å². The lowest BCUT2D eigenvalue weighted by Crippen LogP contribution is -2.33. The number of hydrogen-bond donors (Lipinski definition) is 2. The molecule has 0 aliphatic heterocycles. The molecule has 1 fully saturated rings. The summed E-state index contributed by atoms with van der Waals surface area (Å²) in [6.07, 6.45) is 2.79. The average molecular weight is 453 g/mol. The number of fused-ring (bicyclic) bond motifs is 2. The number of rotatable bonds is 6. The Morgan fingerprint density at radius 1 is 1.24 bits per heavy atom. The first-order valence-corrected chi connectivity index (χ1v) is 10.9. The van der Waals surface area contributed by atoms with Crippen molar-refractivity contribution in [3.05, 3.63) is 59.4 Å². The zero-order valence-electron chi connectivity index (χ0n) is 18.7. The van der Waals surface area contributed by atoms with Gasteiger partial charge in [-0.1, -0.05) is 13.8 Å². The van der Waals surface area contributed by atoms with Crippen molar-refractivity contribution in [3.8, 4) is 5.69 Å². The van der Waals surface area contributed by atoms with Crippen LogP contribution < -0.4 is 0 Å². The lowest BCUT2D eigenvalue weighted by Gasteiger charge is -2.36. The summed E-state index contributed by atoms with van der Waals surface area (Å²) in [5, 5.41) is 18.4. The van der Waals surface area contributed by atoms with Gasteiger partial charge in [-0.05, 0) is 48.6 Å². The van der Waals surface area contributed by atoms with Crippen molar-refractivity contribution in [2.24, 2.45) is 5.92 Å². The number of carbonyl (C=O) groups is 1. The Bertz CT molecular complexity index is 1380. The topological polar surface area (TPSA) is 80.1 Å². The van der Waals surface area contributed by atoms with Crippen molar-refractivity contribution >= 4 is 27.8 Å². The van der Waals surface area contributed by atoms with E-state index < -0.39 is 23.0 Å². The lowest BCUT2D eigenvalue weighted by atomic mass is 9.68. The number of aromatic nitrogens is 3. The Labute approximate surface area is 189 Å². The maximum Gasteiger partial charge on any atom is 0.306 e. The average Bonchev–Trinajstić information content (AvgIpc) is 3.29. The molecule has 1 aliphatic rings. The van der Waals surface area contributed by atoms with Crippen molar-refractivity contribution in [2.45, 2.75) is 38.0 Å². The fraction of sp³-hybridized carbons (Fsp3) is 0.360. The number of hydrogen-bond acceptors (Lipinski definition) is 3. The second-order valence-electron chi connectivity index (χ2n) is 9.54. The number of H-pyrrole nitrogens is 1. The minimum absolute atomic E-state index is 0.0339. The van der Waals surface area contributed by atoms with Gasteiger partial charge < -0.3 is 14.4 Å². The van der Waals surface area contributed by atoms with E-state index in [-0.39, 0.29) is 11.8 Å². The molecule has 172 valence electrons. The molecule has 4 aromatic rings. The first-order chi connectivity index (χ1) is 15.7. The number of carboxylic acids is 1. The summed E-state index contributed by atoms with van der Waals surface area (Å²) in [5.41, 5.74) is 3.65. The fourth-order valence-corrected chi connectivity index (χ4v) is 5.21. The van der Waals surface area contributed by atoms with Crippen molar-refractivity contribution < 1.29 is 23.4 Å². The molecule has 6 nitrogen and oxygen atoms in total. The highest BCUT2D eigenvalue weighted by molar-refractivity contribution is 5.99. The van der Waals surface area contributed by atoms with Crippen molar-refractivity contribution in [1.29, 1.82) is 0 Å². The van der Waals surface area contributed by atoms with Gasteiger partial charge in [0.15, 0.2) is 11.6 Å². The SMILES string of the molecule is COCC(C)(C)c1c(C2CC(C(=O)O)C2)c2cc3[nH]ncc3cc2n1-c1ccc(F)c(F)c1. The number of methoxy groups -OCH3 is 1. The van der Waals surface area contributed by atoms with E-state index in [0.29, 0.717) is 25.1 Å². The predicted octanol–water partition coefficient (Wildman–Crippen LogP) is 5.29. The Morgan fingerprint density at radius 2 is 2.00 bits per heavy atom. The van der Waals surface area contributed by atoms with Crippen LogP contribution in [0.3, 0.4) is 0 Å². The Balaban J connectivity index is 1.86. The molecule has 0 amide bonds. The van der Waals surface area contributed by atoms with E-state index in [0.717, 1.165) is 39.1 Å².